The number of para-hydroxylation sites is 1. The topological polar surface area (TPSA) is 61.4 Å². The molecule has 0 radical (unpaired) electrons. The first kappa shape index (κ1) is 18.3. The van der Waals surface area contributed by atoms with Gasteiger partial charge >= 0.3 is 11.4 Å². The predicted molar refractivity (Wildman–Crippen MR) is 103 cm³/mol. The molecule has 5 nitrogen and oxygen atoms in total. The molecule has 1 heterocycles. The second-order valence-corrected chi connectivity index (χ2v) is 6.73. The Balaban J connectivity index is 1.77. The fourth-order valence-electron chi connectivity index (χ4n) is 3.07. The van der Waals surface area contributed by atoms with Crippen molar-refractivity contribution in [2.24, 2.45) is 0 Å². The second-order valence-electron chi connectivity index (χ2n) is 6.35. The summed E-state index contributed by atoms with van der Waals surface area (Å²) in [6, 6.07) is 9.09. The van der Waals surface area contributed by atoms with Gasteiger partial charge in [0.2, 0.25) is 0 Å². The fourth-order valence-corrected chi connectivity index (χ4v) is 3.18. The number of hydrogen-bond donors (Lipinski definition) is 0. The zero-order valence-corrected chi connectivity index (χ0v) is 15.7. The molecule has 0 atom stereocenters. The summed E-state index contributed by atoms with van der Waals surface area (Å²) in [4.78, 5) is 24.0. The molecular formula is C20H20ClNO4. The van der Waals surface area contributed by atoms with Gasteiger partial charge in [-0.05, 0) is 62.1 Å². The average Bonchev–Trinajstić information content (AvgIpc) is 2.59. The minimum atomic E-state index is -0.644. The van der Waals surface area contributed by atoms with E-state index in [1.165, 1.54) is 4.57 Å². The Kier molecular flexibility index (Phi) is 5.18. The van der Waals surface area contributed by atoms with E-state index >= 15 is 0 Å². The highest BCUT2D eigenvalue weighted by Gasteiger charge is 2.11. The highest BCUT2D eigenvalue weighted by atomic mass is 35.5. The lowest BCUT2D eigenvalue weighted by Gasteiger charge is -2.12. The van der Waals surface area contributed by atoms with Crippen molar-refractivity contribution in [3.8, 4) is 5.75 Å². The van der Waals surface area contributed by atoms with Crippen molar-refractivity contribution in [2.75, 3.05) is 6.61 Å². The van der Waals surface area contributed by atoms with Gasteiger partial charge < -0.3 is 9.15 Å². The van der Waals surface area contributed by atoms with Crippen LogP contribution in [0.1, 0.15) is 23.1 Å². The Hall–Kier alpha value is -2.53. The summed E-state index contributed by atoms with van der Waals surface area (Å²) < 4.78 is 12.1. The van der Waals surface area contributed by atoms with Crippen LogP contribution in [-0.4, -0.2) is 11.2 Å². The van der Waals surface area contributed by atoms with Crippen molar-refractivity contribution in [3.05, 3.63) is 73.0 Å². The van der Waals surface area contributed by atoms with E-state index in [-0.39, 0.29) is 0 Å². The molecule has 0 bridgehead atoms. The van der Waals surface area contributed by atoms with Gasteiger partial charge in [0.15, 0.2) is 0 Å². The zero-order chi connectivity index (χ0) is 18.8. The Morgan fingerprint density at radius 2 is 1.77 bits per heavy atom. The number of nitrogens with zero attached hydrogens (tertiary/aromatic N) is 1. The van der Waals surface area contributed by atoms with E-state index < -0.39 is 11.4 Å². The van der Waals surface area contributed by atoms with Crippen LogP contribution >= 0.6 is 11.6 Å². The van der Waals surface area contributed by atoms with Gasteiger partial charge in [-0.2, -0.15) is 0 Å². The summed E-state index contributed by atoms with van der Waals surface area (Å²) >= 11 is 6.16. The van der Waals surface area contributed by atoms with Gasteiger partial charge in [-0.3, -0.25) is 4.57 Å². The monoisotopic (exact) mass is 373 g/mol. The molecule has 0 aliphatic rings. The molecule has 3 aromatic rings. The predicted octanol–water partition coefficient (Wildman–Crippen LogP) is 4.00. The largest absolute Gasteiger partial charge is 0.494 e. The molecule has 26 heavy (non-hydrogen) atoms. The van der Waals surface area contributed by atoms with Crippen molar-refractivity contribution in [3.63, 3.8) is 0 Å². The van der Waals surface area contributed by atoms with Gasteiger partial charge in [0, 0.05) is 11.6 Å². The number of ether oxygens (including phenoxy) is 1. The number of benzene rings is 2. The van der Waals surface area contributed by atoms with E-state index in [2.05, 4.69) is 0 Å². The SMILES string of the molecule is Cc1cc(OCCCn2c(=O)oc(=O)c3cccc(C)c32)cc(C)c1Cl. The van der Waals surface area contributed by atoms with E-state index in [1.54, 1.807) is 12.1 Å². The normalized spacial score (nSPS) is 11.1. The van der Waals surface area contributed by atoms with Crippen LogP contribution in [0.3, 0.4) is 0 Å². The highest BCUT2D eigenvalue weighted by molar-refractivity contribution is 6.32. The average molecular weight is 374 g/mol. The van der Waals surface area contributed by atoms with Crippen molar-refractivity contribution in [1.82, 2.24) is 4.57 Å². The number of aryl methyl sites for hydroxylation is 4. The Morgan fingerprint density at radius 1 is 1.08 bits per heavy atom. The van der Waals surface area contributed by atoms with Crippen molar-refractivity contribution in [1.29, 1.82) is 0 Å². The molecule has 0 saturated heterocycles. The first-order chi connectivity index (χ1) is 12.4. The summed E-state index contributed by atoms with van der Waals surface area (Å²) in [5, 5.41) is 1.15. The summed E-state index contributed by atoms with van der Waals surface area (Å²) in [7, 11) is 0. The second kappa shape index (κ2) is 7.38. The van der Waals surface area contributed by atoms with Crippen LogP contribution in [0.15, 0.2) is 44.3 Å². The van der Waals surface area contributed by atoms with Gasteiger partial charge in [-0.1, -0.05) is 23.7 Å². The van der Waals surface area contributed by atoms with Crippen molar-refractivity contribution < 1.29 is 9.15 Å². The molecule has 0 fully saturated rings. The molecule has 0 N–H and O–H groups in total. The molecule has 0 aliphatic heterocycles. The van der Waals surface area contributed by atoms with Gasteiger partial charge in [0.05, 0.1) is 17.5 Å². The third-order valence-electron chi connectivity index (χ3n) is 4.33. The number of hydrogen-bond acceptors (Lipinski definition) is 4. The summed E-state index contributed by atoms with van der Waals surface area (Å²) in [6.45, 7) is 6.56. The maximum absolute atomic E-state index is 12.1. The van der Waals surface area contributed by atoms with Crippen LogP contribution < -0.4 is 16.1 Å². The van der Waals surface area contributed by atoms with Gasteiger partial charge in [0.25, 0.3) is 0 Å². The van der Waals surface area contributed by atoms with Crippen LogP contribution in [0.5, 0.6) is 5.75 Å². The minimum Gasteiger partial charge on any atom is -0.494 e. The first-order valence-electron chi connectivity index (χ1n) is 8.41. The van der Waals surface area contributed by atoms with Crippen LogP contribution in [0.25, 0.3) is 10.9 Å². The smallest absolute Gasteiger partial charge is 0.422 e. The molecule has 2 aromatic carbocycles. The fraction of sp³-hybridized carbons (Fsp3) is 0.300. The number of halogens is 1. The number of aromatic nitrogens is 1. The highest BCUT2D eigenvalue weighted by Crippen LogP contribution is 2.26. The molecule has 136 valence electrons. The molecule has 3 rings (SSSR count). The Labute approximate surface area is 155 Å². The summed E-state index contributed by atoms with van der Waals surface area (Å²) in [5.74, 6) is 0.104. The summed E-state index contributed by atoms with van der Waals surface area (Å²) in [5.41, 5.74) is 2.80. The molecule has 6 heteroatoms. The molecule has 0 saturated carbocycles. The van der Waals surface area contributed by atoms with Gasteiger partial charge in [0.1, 0.15) is 5.75 Å². The van der Waals surface area contributed by atoms with E-state index in [1.807, 2.05) is 39.0 Å². The molecule has 0 amide bonds. The number of rotatable bonds is 5. The van der Waals surface area contributed by atoms with Crippen molar-refractivity contribution >= 4 is 22.5 Å². The van der Waals surface area contributed by atoms with E-state index in [4.69, 9.17) is 20.8 Å². The van der Waals surface area contributed by atoms with Crippen LogP contribution in [0.4, 0.5) is 0 Å². The quantitative estimate of drug-likeness (QED) is 0.634. The van der Waals surface area contributed by atoms with Crippen LogP contribution in [0.2, 0.25) is 5.02 Å². The Bertz CT molecular complexity index is 1060. The molecule has 0 spiro atoms. The molecule has 0 aliphatic carbocycles. The van der Waals surface area contributed by atoms with Gasteiger partial charge in [-0.25, -0.2) is 9.59 Å². The third kappa shape index (κ3) is 3.53. The lowest BCUT2D eigenvalue weighted by Crippen LogP contribution is -2.26. The first-order valence-corrected chi connectivity index (χ1v) is 8.79. The van der Waals surface area contributed by atoms with E-state index in [0.29, 0.717) is 30.5 Å². The maximum atomic E-state index is 12.1. The lowest BCUT2D eigenvalue weighted by atomic mass is 10.1. The van der Waals surface area contributed by atoms with Crippen LogP contribution in [0, 0.1) is 20.8 Å². The zero-order valence-electron chi connectivity index (χ0n) is 15.0. The maximum Gasteiger partial charge on any atom is 0.422 e. The minimum absolute atomic E-state index is 0.398. The lowest BCUT2D eigenvalue weighted by molar-refractivity contribution is 0.296. The summed E-state index contributed by atoms with van der Waals surface area (Å²) in [6.07, 6.45) is 0.595. The van der Waals surface area contributed by atoms with E-state index in [0.717, 1.165) is 27.5 Å². The number of fused-ring (bicyclic) bond motifs is 1. The van der Waals surface area contributed by atoms with Crippen molar-refractivity contribution in [2.45, 2.75) is 33.7 Å². The Morgan fingerprint density at radius 3 is 2.46 bits per heavy atom. The molecule has 1 aromatic heterocycles. The standard InChI is InChI=1S/C20H20ClNO4/c1-12-6-4-7-16-18(12)22(20(24)26-19(16)23)8-5-9-25-15-10-13(2)17(21)14(3)11-15/h4,6-7,10-11H,5,8-9H2,1-3H3. The molecule has 0 unspecified atom stereocenters. The van der Waals surface area contributed by atoms with Crippen LogP contribution in [-0.2, 0) is 6.54 Å². The third-order valence-corrected chi connectivity index (χ3v) is 4.93. The van der Waals surface area contributed by atoms with Gasteiger partial charge in [-0.15, -0.1) is 0 Å². The van der Waals surface area contributed by atoms with E-state index in [9.17, 15) is 9.59 Å². The molecular weight excluding hydrogens is 354 g/mol.